The van der Waals surface area contributed by atoms with Gasteiger partial charge in [-0.15, -0.1) is 0 Å². The SMILES string of the molecule is CCCNC(=O)CN1CCN(c2ccc(C(=O)O)cc2NS(=O)(=O)c2cc(F)ccc2F)CC1.O=C(O)C(F)(F)F. The largest absolute Gasteiger partial charge is 0.490 e. The second-order valence-corrected chi connectivity index (χ2v) is 10.3. The Bertz CT molecular complexity index is 1360. The Labute approximate surface area is 231 Å². The molecule has 17 heteroatoms. The van der Waals surface area contributed by atoms with Crippen molar-refractivity contribution in [3.8, 4) is 0 Å². The summed E-state index contributed by atoms with van der Waals surface area (Å²) in [4.78, 5) is 35.2. The van der Waals surface area contributed by atoms with Gasteiger partial charge in [-0.1, -0.05) is 6.92 Å². The Morgan fingerprint density at radius 1 is 0.976 bits per heavy atom. The van der Waals surface area contributed by atoms with E-state index >= 15 is 0 Å². The van der Waals surface area contributed by atoms with E-state index in [0.717, 1.165) is 18.6 Å². The summed E-state index contributed by atoms with van der Waals surface area (Å²) in [6, 6.07) is 5.99. The molecule has 11 nitrogen and oxygen atoms in total. The van der Waals surface area contributed by atoms with Crippen molar-refractivity contribution >= 4 is 39.2 Å². The second kappa shape index (κ2) is 14.1. The lowest BCUT2D eigenvalue weighted by Gasteiger charge is -2.36. The van der Waals surface area contributed by atoms with Crippen LogP contribution >= 0.6 is 0 Å². The summed E-state index contributed by atoms with van der Waals surface area (Å²) in [7, 11) is -4.55. The van der Waals surface area contributed by atoms with Gasteiger partial charge in [0.2, 0.25) is 5.91 Å². The summed E-state index contributed by atoms with van der Waals surface area (Å²) >= 11 is 0. The van der Waals surface area contributed by atoms with Crippen molar-refractivity contribution in [3.63, 3.8) is 0 Å². The van der Waals surface area contributed by atoms with E-state index in [1.807, 2.05) is 16.7 Å². The number of aliphatic carboxylic acids is 1. The number of carboxylic acid groups (broad SMARTS) is 2. The van der Waals surface area contributed by atoms with E-state index in [1.165, 1.54) is 12.1 Å². The number of rotatable bonds is 9. The summed E-state index contributed by atoms with van der Waals surface area (Å²) in [5.74, 6) is -6.17. The van der Waals surface area contributed by atoms with Crippen molar-refractivity contribution in [1.82, 2.24) is 10.2 Å². The van der Waals surface area contributed by atoms with Gasteiger partial charge in [0.15, 0.2) is 0 Å². The van der Waals surface area contributed by atoms with Crippen molar-refractivity contribution in [3.05, 3.63) is 53.6 Å². The molecule has 2 aromatic rings. The lowest BCUT2D eigenvalue weighted by Crippen LogP contribution is -2.49. The van der Waals surface area contributed by atoms with Gasteiger partial charge in [0.1, 0.15) is 16.5 Å². The fourth-order valence-corrected chi connectivity index (χ4v) is 4.74. The number of carbonyl (C=O) groups is 3. The van der Waals surface area contributed by atoms with Crippen molar-refractivity contribution in [1.29, 1.82) is 0 Å². The molecule has 226 valence electrons. The number of nitrogens with zero attached hydrogens (tertiary/aromatic N) is 2. The van der Waals surface area contributed by atoms with Gasteiger partial charge < -0.3 is 20.4 Å². The van der Waals surface area contributed by atoms with E-state index in [1.54, 1.807) is 0 Å². The number of anilines is 2. The molecule has 0 aromatic heterocycles. The van der Waals surface area contributed by atoms with E-state index in [2.05, 4.69) is 10.0 Å². The molecule has 0 unspecified atom stereocenters. The third kappa shape index (κ3) is 9.86. The number of piperazine rings is 1. The van der Waals surface area contributed by atoms with Crippen molar-refractivity contribution in [2.45, 2.75) is 24.4 Å². The predicted octanol–water partition coefficient (Wildman–Crippen LogP) is 2.75. The third-order valence-corrected chi connectivity index (χ3v) is 6.95. The fourth-order valence-electron chi connectivity index (χ4n) is 3.58. The van der Waals surface area contributed by atoms with Crippen molar-refractivity contribution < 1.29 is 55.0 Å². The number of nitrogens with one attached hydrogen (secondary N) is 2. The molecule has 0 radical (unpaired) electrons. The van der Waals surface area contributed by atoms with Crippen LogP contribution in [0.3, 0.4) is 0 Å². The van der Waals surface area contributed by atoms with Gasteiger partial charge in [0.25, 0.3) is 10.0 Å². The molecule has 1 saturated heterocycles. The van der Waals surface area contributed by atoms with Crippen molar-refractivity contribution in [2.75, 3.05) is 48.9 Å². The van der Waals surface area contributed by atoms with Gasteiger partial charge in [-0.3, -0.25) is 14.4 Å². The number of carboxylic acids is 2. The fraction of sp³-hybridized carbons (Fsp3) is 0.375. The first-order valence-corrected chi connectivity index (χ1v) is 13.4. The van der Waals surface area contributed by atoms with Gasteiger partial charge in [-0.05, 0) is 42.8 Å². The minimum Gasteiger partial charge on any atom is -0.478 e. The van der Waals surface area contributed by atoms with Gasteiger partial charge >= 0.3 is 18.1 Å². The lowest BCUT2D eigenvalue weighted by molar-refractivity contribution is -0.192. The van der Waals surface area contributed by atoms with E-state index < -0.39 is 44.7 Å². The van der Waals surface area contributed by atoms with Gasteiger partial charge in [0, 0.05) is 32.7 Å². The van der Waals surface area contributed by atoms with Crippen molar-refractivity contribution in [2.24, 2.45) is 0 Å². The lowest BCUT2D eigenvalue weighted by atomic mass is 10.1. The highest BCUT2D eigenvalue weighted by molar-refractivity contribution is 7.92. The molecule has 4 N–H and O–H groups in total. The summed E-state index contributed by atoms with van der Waals surface area (Å²) in [6.07, 6.45) is -4.25. The number of hydrogen-bond acceptors (Lipinski definition) is 7. The highest BCUT2D eigenvalue weighted by Crippen LogP contribution is 2.31. The topological polar surface area (TPSA) is 156 Å². The predicted molar refractivity (Wildman–Crippen MR) is 136 cm³/mol. The van der Waals surface area contributed by atoms with Gasteiger partial charge in [-0.25, -0.2) is 26.8 Å². The Balaban J connectivity index is 0.000000745. The minimum atomic E-state index is -5.08. The first-order chi connectivity index (χ1) is 19.0. The molecule has 0 saturated carbocycles. The van der Waals surface area contributed by atoms with Crippen LogP contribution in [0.1, 0.15) is 23.7 Å². The van der Waals surface area contributed by atoms with Crippen LogP contribution in [0, 0.1) is 11.6 Å². The quantitative estimate of drug-likeness (QED) is 0.314. The number of sulfonamides is 1. The number of halogens is 5. The standard InChI is InChI=1S/C22H26F2N4O5S.C2HF3O2/c1-2-7-25-21(29)14-27-8-10-28(11-9-27)19-6-3-15(22(30)31)12-18(19)26-34(32,33)20-13-16(23)4-5-17(20)24;3-2(4,5)1(6)7/h3-6,12-13,26H,2,7-11,14H2,1H3,(H,25,29)(H,30,31);(H,6,7). The average Bonchev–Trinajstić information content (AvgIpc) is 2.89. The zero-order chi connectivity index (χ0) is 31.0. The third-order valence-electron chi connectivity index (χ3n) is 5.57. The Hall–Kier alpha value is -3.99. The summed E-state index contributed by atoms with van der Waals surface area (Å²) in [6.45, 7) is 4.72. The van der Waals surface area contributed by atoms with Crippen LogP contribution in [0.5, 0.6) is 0 Å². The number of aromatic carboxylic acids is 1. The Kier molecular flexibility index (Phi) is 11.4. The molecule has 3 rings (SSSR count). The molecule has 0 aliphatic carbocycles. The van der Waals surface area contributed by atoms with E-state index in [-0.39, 0.29) is 23.7 Å². The number of carbonyl (C=O) groups excluding carboxylic acids is 1. The van der Waals surface area contributed by atoms with Crippen LogP contribution in [0.25, 0.3) is 0 Å². The van der Waals surface area contributed by atoms with Gasteiger partial charge in [0.05, 0.1) is 23.5 Å². The monoisotopic (exact) mass is 610 g/mol. The summed E-state index contributed by atoms with van der Waals surface area (Å²) in [5, 5.41) is 19.3. The van der Waals surface area contributed by atoms with Gasteiger partial charge in [-0.2, -0.15) is 13.2 Å². The van der Waals surface area contributed by atoms with E-state index in [9.17, 15) is 45.1 Å². The molecule has 41 heavy (non-hydrogen) atoms. The maximum Gasteiger partial charge on any atom is 0.490 e. The Morgan fingerprint density at radius 3 is 2.12 bits per heavy atom. The highest BCUT2D eigenvalue weighted by Gasteiger charge is 2.38. The molecule has 1 aliphatic rings. The maximum atomic E-state index is 14.1. The molecule has 0 bridgehead atoms. The second-order valence-electron chi connectivity index (χ2n) is 8.63. The Morgan fingerprint density at radius 2 is 1.59 bits per heavy atom. The molecular weight excluding hydrogens is 583 g/mol. The minimum absolute atomic E-state index is 0.0716. The zero-order valence-corrected chi connectivity index (χ0v) is 22.4. The zero-order valence-electron chi connectivity index (χ0n) is 21.5. The molecule has 1 aliphatic heterocycles. The first kappa shape index (κ1) is 33.2. The van der Waals surface area contributed by atoms with E-state index in [4.69, 9.17) is 9.90 Å². The average molecular weight is 611 g/mol. The maximum absolute atomic E-state index is 14.1. The smallest absolute Gasteiger partial charge is 0.478 e. The number of alkyl halides is 3. The number of benzene rings is 2. The van der Waals surface area contributed by atoms with Crippen LogP contribution in [-0.4, -0.2) is 86.8 Å². The van der Waals surface area contributed by atoms with Crippen LogP contribution < -0.4 is 14.9 Å². The molecule has 0 atom stereocenters. The van der Waals surface area contributed by atoms with Crippen LogP contribution in [-0.2, 0) is 19.6 Å². The molecule has 1 fully saturated rings. The van der Waals surface area contributed by atoms with E-state index in [0.29, 0.717) is 50.5 Å². The molecular formula is C24H27F5N4O7S. The van der Waals surface area contributed by atoms with Crippen LogP contribution in [0.15, 0.2) is 41.3 Å². The normalized spacial score (nSPS) is 14.0. The molecule has 1 amide bonds. The van der Waals surface area contributed by atoms with Crippen LogP contribution in [0.2, 0.25) is 0 Å². The van der Waals surface area contributed by atoms with Crippen LogP contribution in [0.4, 0.5) is 33.3 Å². The summed E-state index contributed by atoms with van der Waals surface area (Å²) < 4.78 is 87.3. The highest BCUT2D eigenvalue weighted by atomic mass is 32.2. The molecule has 2 aromatic carbocycles. The molecule has 1 heterocycles. The number of amides is 1. The first-order valence-electron chi connectivity index (χ1n) is 11.9. The molecule has 0 spiro atoms. The summed E-state index contributed by atoms with van der Waals surface area (Å²) in [5.41, 5.74) is 0.144. The number of hydrogen-bond donors (Lipinski definition) is 4.